The van der Waals surface area contributed by atoms with E-state index in [0.717, 1.165) is 5.56 Å². The first-order chi connectivity index (χ1) is 6.15. The number of para-hydroxylation sites is 1. The fraction of sp³-hybridized carbons (Fsp3) is 0.273. The maximum Gasteiger partial charge on any atom is 0.145 e. The highest BCUT2D eigenvalue weighted by Gasteiger charge is 2.06. The van der Waals surface area contributed by atoms with Crippen molar-refractivity contribution in [3.8, 4) is 5.75 Å². The number of hydrogen-bond acceptors (Lipinski definition) is 1. The summed E-state index contributed by atoms with van der Waals surface area (Å²) in [7, 11) is 0. The van der Waals surface area contributed by atoms with Crippen molar-refractivity contribution >= 4 is 17.7 Å². The van der Waals surface area contributed by atoms with Gasteiger partial charge in [0, 0.05) is 5.56 Å². The number of halogens is 1. The molecule has 2 heteroatoms. The van der Waals surface area contributed by atoms with Gasteiger partial charge in [0.15, 0.2) is 0 Å². The van der Waals surface area contributed by atoms with Gasteiger partial charge in [0.2, 0.25) is 0 Å². The highest BCUT2D eigenvalue weighted by atomic mass is 35.5. The average Bonchev–Trinajstić information content (AvgIpc) is 2.08. The van der Waals surface area contributed by atoms with E-state index in [4.69, 9.17) is 16.3 Å². The normalized spacial score (nSPS) is 10.2. The van der Waals surface area contributed by atoms with Crippen LogP contribution in [0.4, 0.5) is 0 Å². The van der Waals surface area contributed by atoms with Gasteiger partial charge in [-0.05, 0) is 19.9 Å². The topological polar surface area (TPSA) is 9.23 Å². The SMILES string of the molecule is C=Cc1cccc(Cl)c1OC(C)C. The second-order valence-corrected chi connectivity index (χ2v) is 3.44. The summed E-state index contributed by atoms with van der Waals surface area (Å²) < 4.78 is 5.56. The van der Waals surface area contributed by atoms with Crippen molar-refractivity contribution in [3.05, 3.63) is 35.4 Å². The van der Waals surface area contributed by atoms with Gasteiger partial charge in [-0.15, -0.1) is 0 Å². The van der Waals surface area contributed by atoms with Gasteiger partial charge in [0.1, 0.15) is 5.75 Å². The molecule has 0 aliphatic carbocycles. The van der Waals surface area contributed by atoms with E-state index in [9.17, 15) is 0 Å². The van der Waals surface area contributed by atoms with Crippen LogP contribution in [0.1, 0.15) is 19.4 Å². The Morgan fingerprint density at radius 3 is 2.69 bits per heavy atom. The molecule has 1 nitrogen and oxygen atoms in total. The van der Waals surface area contributed by atoms with Gasteiger partial charge in [-0.25, -0.2) is 0 Å². The molecule has 70 valence electrons. The van der Waals surface area contributed by atoms with Gasteiger partial charge in [-0.1, -0.05) is 36.4 Å². The largest absolute Gasteiger partial charge is 0.489 e. The zero-order valence-electron chi connectivity index (χ0n) is 7.88. The van der Waals surface area contributed by atoms with Gasteiger partial charge in [-0.2, -0.15) is 0 Å². The lowest BCUT2D eigenvalue weighted by Gasteiger charge is -2.13. The van der Waals surface area contributed by atoms with E-state index in [1.165, 1.54) is 0 Å². The van der Waals surface area contributed by atoms with Crippen molar-refractivity contribution in [3.63, 3.8) is 0 Å². The molecule has 0 saturated carbocycles. The summed E-state index contributed by atoms with van der Waals surface area (Å²) in [5, 5.41) is 0.631. The highest BCUT2D eigenvalue weighted by Crippen LogP contribution is 2.30. The Hall–Kier alpha value is -0.950. The smallest absolute Gasteiger partial charge is 0.145 e. The maximum absolute atomic E-state index is 5.98. The lowest BCUT2D eigenvalue weighted by molar-refractivity contribution is 0.242. The van der Waals surface area contributed by atoms with Crippen LogP contribution in [0.25, 0.3) is 6.08 Å². The molecule has 0 fully saturated rings. The van der Waals surface area contributed by atoms with E-state index in [1.54, 1.807) is 6.08 Å². The van der Waals surface area contributed by atoms with Crippen LogP contribution >= 0.6 is 11.6 Å². The molecule has 1 rings (SSSR count). The molecular weight excluding hydrogens is 184 g/mol. The summed E-state index contributed by atoms with van der Waals surface area (Å²) in [6.07, 6.45) is 1.86. The van der Waals surface area contributed by atoms with E-state index >= 15 is 0 Å². The molecule has 0 unspecified atom stereocenters. The molecule has 13 heavy (non-hydrogen) atoms. The highest BCUT2D eigenvalue weighted by molar-refractivity contribution is 6.32. The summed E-state index contributed by atoms with van der Waals surface area (Å²) >= 11 is 5.98. The Bertz CT molecular complexity index is 305. The molecule has 0 spiro atoms. The third-order valence-corrected chi connectivity index (χ3v) is 1.87. The molecule has 1 aromatic carbocycles. The standard InChI is InChI=1S/C11H13ClO/c1-4-9-6-5-7-10(12)11(9)13-8(2)3/h4-8H,1H2,2-3H3. The first kappa shape index (κ1) is 10.1. The maximum atomic E-state index is 5.98. The van der Waals surface area contributed by atoms with Gasteiger partial charge in [-0.3, -0.25) is 0 Å². The lowest BCUT2D eigenvalue weighted by atomic mass is 10.2. The third kappa shape index (κ3) is 2.49. The molecule has 0 saturated heterocycles. The minimum absolute atomic E-state index is 0.124. The lowest BCUT2D eigenvalue weighted by Crippen LogP contribution is -2.06. The Morgan fingerprint density at radius 2 is 2.15 bits per heavy atom. The van der Waals surface area contributed by atoms with Crippen LogP contribution in [0.15, 0.2) is 24.8 Å². The first-order valence-corrected chi connectivity index (χ1v) is 4.60. The fourth-order valence-corrected chi connectivity index (χ4v) is 1.27. The third-order valence-electron chi connectivity index (χ3n) is 1.57. The molecular formula is C11H13ClO. The molecule has 0 aliphatic heterocycles. The average molecular weight is 197 g/mol. The molecule has 0 radical (unpaired) electrons. The predicted octanol–water partition coefficient (Wildman–Crippen LogP) is 3.77. The van der Waals surface area contributed by atoms with Crippen LogP contribution in [0.2, 0.25) is 5.02 Å². The molecule has 0 N–H and O–H groups in total. The minimum atomic E-state index is 0.124. The molecule has 0 atom stereocenters. The van der Waals surface area contributed by atoms with Crippen molar-refractivity contribution in [1.29, 1.82) is 0 Å². The summed E-state index contributed by atoms with van der Waals surface area (Å²) in [4.78, 5) is 0. The monoisotopic (exact) mass is 196 g/mol. The Labute approximate surface area is 84.0 Å². The van der Waals surface area contributed by atoms with Crippen LogP contribution < -0.4 is 4.74 Å². The van der Waals surface area contributed by atoms with Crippen LogP contribution in [0, 0.1) is 0 Å². The summed E-state index contributed by atoms with van der Waals surface area (Å²) in [5.74, 6) is 0.717. The second kappa shape index (κ2) is 4.33. The number of ether oxygens (including phenoxy) is 1. The molecule has 1 aromatic rings. The summed E-state index contributed by atoms with van der Waals surface area (Å²) in [5.41, 5.74) is 0.932. The van der Waals surface area contributed by atoms with Crippen molar-refractivity contribution < 1.29 is 4.74 Å². The number of rotatable bonds is 3. The van der Waals surface area contributed by atoms with Gasteiger partial charge in [0.05, 0.1) is 11.1 Å². The van der Waals surface area contributed by atoms with Crippen LogP contribution in [0.3, 0.4) is 0 Å². The van der Waals surface area contributed by atoms with Crippen LogP contribution in [0.5, 0.6) is 5.75 Å². The predicted molar refractivity (Wildman–Crippen MR) is 57.3 cm³/mol. The first-order valence-electron chi connectivity index (χ1n) is 4.22. The Kier molecular flexibility index (Phi) is 3.38. The van der Waals surface area contributed by atoms with Crippen molar-refractivity contribution in [2.24, 2.45) is 0 Å². The summed E-state index contributed by atoms with van der Waals surface area (Å²) in [6.45, 7) is 7.64. The van der Waals surface area contributed by atoms with E-state index in [-0.39, 0.29) is 6.10 Å². The van der Waals surface area contributed by atoms with E-state index in [2.05, 4.69) is 6.58 Å². The Balaban J connectivity index is 3.07. The van der Waals surface area contributed by atoms with Crippen LogP contribution in [-0.4, -0.2) is 6.10 Å². The molecule has 0 amide bonds. The summed E-state index contributed by atoms with van der Waals surface area (Å²) in [6, 6.07) is 5.62. The van der Waals surface area contributed by atoms with Crippen LogP contribution in [-0.2, 0) is 0 Å². The quantitative estimate of drug-likeness (QED) is 0.715. The van der Waals surface area contributed by atoms with E-state index in [1.807, 2.05) is 32.0 Å². The van der Waals surface area contributed by atoms with Crippen molar-refractivity contribution in [2.45, 2.75) is 20.0 Å². The Morgan fingerprint density at radius 1 is 1.46 bits per heavy atom. The van der Waals surface area contributed by atoms with Gasteiger partial charge >= 0.3 is 0 Å². The number of benzene rings is 1. The zero-order valence-corrected chi connectivity index (χ0v) is 8.64. The van der Waals surface area contributed by atoms with Gasteiger partial charge < -0.3 is 4.74 Å². The zero-order chi connectivity index (χ0) is 9.84. The van der Waals surface area contributed by atoms with E-state index < -0.39 is 0 Å². The minimum Gasteiger partial charge on any atom is -0.489 e. The molecule has 0 bridgehead atoms. The molecule has 0 aromatic heterocycles. The van der Waals surface area contributed by atoms with E-state index in [0.29, 0.717) is 10.8 Å². The molecule has 0 aliphatic rings. The second-order valence-electron chi connectivity index (χ2n) is 3.03. The van der Waals surface area contributed by atoms with Gasteiger partial charge in [0.25, 0.3) is 0 Å². The molecule has 0 heterocycles. The van der Waals surface area contributed by atoms with Crippen molar-refractivity contribution in [1.82, 2.24) is 0 Å². The fourth-order valence-electron chi connectivity index (χ4n) is 1.05. The van der Waals surface area contributed by atoms with Crippen molar-refractivity contribution in [2.75, 3.05) is 0 Å². The number of hydrogen-bond donors (Lipinski definition) is 0.